The molecule has 0 fully saturated rings. The molecule has 1 N–H and O–H groups in total. The van der Waals surface area contributed by atoms with Crippen LogP contribution in [0.5, 0.6) is 0 Å². The van der Waals surface area contributed by atoms with Gasteiger partial charge >= 0.3 is 0 Å². The molecule has 0 aliphatic heterocycles. The van der Waals surface area contributed by atoms with E-state index in [1.54, 1.807) is 35.2 Å². The number of benzene rings is 2. The Kier molecular flexibility index (Phi) is 5.88. The van der Waals surface area contributed by atoms with Crippen molar-refractivity contribution < 1.29 is 4.92 Å². The van der Waals surface area contributed by atoms with Crippen molar-refractivity contribution in [1.82, 2.24) is 9.78 Å². The third-order valence-electron chi connectivity index (χ3n) is 4.01. The summed E-state index contributed by atoms with van der Waals surface area (Å²) in [5.74, 6) is 0. The van der Waals surface area contributed by atoms with Gasteiger partial charge in [0.05, 0.1) is 43.9 Å². The van der Waals surface area contributed by atoms with Gasteiger partial charge in [-0.25, -0.2) is 4.68 Å². The second-order valence-electron chi connectivity index (χ2n) is 5.89. The van der Waals surface area contributed by atoms with Crippen LogP contribution in [0, 0.1) is 24.0 Å². The fourth-order valence-electron chi connectivity index (χ4n) is 2.64. The Labute approximate surface area is 175 Å². The van der Waals surface area contributed by atoms with Crippen LogP contribution in [0.2, 0.25) is 15.1 Å². The minimum atomic E-state index is -0.443. The number of aromatic nitrogens is 2. The lowest BCUT2D eigenvalue weighted by Gasteiger charge is -2.06. The topological polar surface area (TPSA) is 85.3 Å². The van der Waals surface area contributed by atoms with Crippen LogP contribution in [-0.2, 0) is 0 Å². The van der Waals surface area contributed by atoms with Gasteiger partial charge in [-0.05, 0) is 32.0 Å². The molecule has 1 heterocycles. The van der Waals surface area contributed by atoms with Gasteiger partial charge in [-0.1, -0.05) is 40.9 Å². The molecule has 0 spiro atoms. The van der Waals surface area contributed by atoms with Crippen molar-refractivity contribution in [2.45, 2.75) is 13.8 Å². The smallest absolute Gasteiger partial charge is 0.271 e. The third kappa shape index (κ3) is 4.11. The van der Waals surface area contributed by atoms with Crippen LogP contribution in [0.3, 0.4) is 0 Å². The zero-order valence-corrected chi connectivity index (χ0v) is 17.0. The maximum atomic E-state index is 11.0. The van der Waals surface area contributed by atoms with Gasteiger partial charge in [-0.2, -0.15) is 10.2 Å². The van der Waals surface area contributed by atoms with Gasteiger partial charge in [0, 0.05) is 22.7 Å². The van der Waals surface area contributed by atoms with Crippen LogP contribution >= 0.6 is 34.8 Å². The molecule has 0 aliphatic carbocycles. The number of aryl methyl sites for hydroxylation is 1. The number of hydrazone groups is 1. The standard InChI is InChI=1S/C18H14Cl3N5O2/c1-10-15(9-22-23-18-16(20)6-12(19)7-17(18)21)11(2)25(24-10)13-4-3-5-14(8-13)26(27)28/h3-9,23H,1-2H3/b22-9+. The Morgan fingerprint density at radius 1 is 1.18 bits per heavy atom. The van der Waals surface area contributed by atoms with Crippen molar-refractivity contribution in [2.75, 3.05) is 5.43 Å². The summed E-state index contributed by atoms with van der Waals surface area (Å²) in [5.41, 5.74) is 6.07. The minimum absolute atomic E-state index is 0.00559. The fraction of sp³-hybridized carbons (Fsp3) is 0.111. The number of hydrogen-bond donors (Lipinski definition) is 1. The maximum Gasteiger partial charge on any atom is 0.271 e. The number of halogens is 3. The SMILES string of the molecule is Cc1nn(-c2cccc([N+](=O)[O-])c2)c(C)c1/C=N/Nc1c(Cl)cc(Cl)cc1Cl. The van der Waals surface area contributed by atoms with E-state index in [1.807, 2.05) is 13.8 Å². The van der Waals surface area contributed by atoms with Crippen molar-refractivity contribution in [2.24, 2.45) is 5.10 Å². The van der Waals surface area contributed by atoms with Gasteiger partial charge in [0.2, 0.25) is 0 Å². The van der Waals surface area contributed by atoms with E-state index < -0.39 is 4.92 Å². The van der Waals surface area contributed by atoms with Crippen LogP contribution < -0.4 is 5.43 Å². The number of nitro benzene ring substituents is 1. The van der Waals surface area contributed by atoms with Crippen molar-refractivity contribution in [3.63, 3.8) is 0 Å². The largest absolute Gasteiger partial charge is 0.275 e. The molecule has 0 radical (unpaired) electrons. The summed E-state index contributed by atoms with van der Waals surface area (Å²) >= 11 is 18.2. The van der Waals surface area contributed by atoms with Crippen LogP contribution in [0.4, 0.5) is 11.4 Å². The molecule has 0 bridgehead atoms. The minimum Gasteiger partial charge on any atom is -0.275 e. The van der Waals surface area contributed by atoms with Crippen LogP contribution in [0.1, 0.15) is 17.0 Å². The quantitative estimate of drug-likeness (QED) is 0.310. The highest BCUT2D eigenvalue weighted by molar-refractivity contribution is 6.41. The van der Waals surface area contributed by atoms with Gasteiger partial charge < -0.3 is 0 Å². The van der Waals surface area contributed by atoms with Gasteiger partial charge in [-0.15, -0.1) is 0 Å². The molecule has 144 valence electrons. The zero-order chi connectivity index (χ0) is 20.4. The van der Waals surface area contributed by atoms with E-state index in [0.717, 1.165) is 11.3 Å². The number of anilines is 1. The Morgan fingerprint density at radius 2 is 1.86 bits per heavy atom. The number of nitro groups is 1. The van der Waals surface area contributed by atoms with Gasteiger partial charge in [0.15, 0.2) is 0 Å². The second-order valence-corrected chi connectivity index (χ2v) is 7.14. The lowest BCUT2D eigenvalue weighted by atomic mass is 10.2. The first-order valence-electron chi connectivity index (χ1n) is 8.02. The molecular formula is C18H14Cl3N5O2. The van der Waals surface area contributed by atoms with Crippen molar-refractivity contribution >= 4 is 52.4 Å². The van der Waals surface area contributed by atoms with E-state index in [0.29, 0.717) is 32.1 Å². The highest BCUT2D eigenvalue weighted by atomic mass is 35.5. The fourth-order valence-corrected chi connectivity index (χ4v) is 3.54. The average Bonchev–Trinajstić information content (AvgIpc) is 2.91. The van der Waals surface area contributed by atoms with Gasteiger partial charge in [-0.3, -0.25) is 15.5 Å². The third-order valence-corrected chi connectivity index (χ3v) is 4.82. The van der Waals surface area contributed by atoms with Crippen LogP contribution in [0.15, 0.2) is 41.5 Å². The highest BCUT2D eigenvalue weighted by Gasteiger charge is 2.14. The summed E-state index contributed by atoms with van der Waals surface area (Å²) in [4.78, 5) is 10.6. The molecule has 0 unspecified atom stereocenters. The average molecular weight is 439 g/mol. The lowest BCUT2D eigenvalue weighted by Crippen LogP contribution is -2.01. The molecule has 1 aromatic heterocycles. The predicted molar refractivity (Wildman–Crippen MR) is 112 cm³/mol. The van der Waals surface area contributed by atoms with Crippen molar-refractivity contribution in [3.05, 3.63) is 78.5 Å². The van der Waals surface area contributed by atoms with E-state index >= 15 is 0 Å². The van der Waals surface area contributed by atoms with Gasteiger partial charge in [0.25, 0.3) is 5.69 Å². The molecule has 7 nitrogen and oxygen atoms in total. The molecule has 0 aliphatic rings. The van der Waals surface area contributed by atoms with Crippen molar-refractivity contribution in [3.8, 4) is 5.69 Å². The molecule has 0 saturated heterocycles. The summed E-state index contributed by atoms with van der Waals surface area (Å²) in [6, 6.07) is 9.38. The second kappa shape index (κ2) is 8.18. The van der Waals surface area contributed by atoms with Crippen molar-refractivity contribution in [1.29, 1.82) is 0 Å². The van der Waals surface area contributed by atoms with E-state index in [9.17, 15) is 10.1 Å². The number of non-ortho nitro benzene ring substituents is 1. The predicted octanol–water partition coefficient (Wildman–Crippen LogP) is 5.80. The van der Waals surface area contributed by atoms with Crippen LogP contribution in [-0.4, -0.2) is 20.9 Å². The van der Waals surface area contributed by atoms with E-state index in [4.69, 9.17) is 34.8 Å². The molecule has 28 heavy (non-hydrogen) atoms. The maximum absolute atomic E-state index is 11.0. The molecule has 3 aromatic rings. The lowest BCUT2D eigenvalue weighted by molar-refractivity contribution is -0.384. The number of hydrogen-bond acceptors (Lipinski definition) is 5. The summed E-state index contributed by atoms with van der Waals surface area (Å²) in [6.07, 6.45) is 1.59. The first kappa shape index (κ1) is 20.1. The Balaban J connectivity index is 1.90. The summed E-state index contributed by atoms with van der Waals surface area (Å²) < 4.78 is 1.63. The summed E-state index contributed by atoms with van der Waals surface area (Å²) in [7, 11) is 0. The van der Waals surface area contributed by atoms with E-state index in [-0.39, 0.29) is 5.69 Å². The monoisotopic (exact) mass is 437 g/mol. The Bertz CT molecular complexity index is 1070. The molecule has 10 heteroatoms. The molecule has 0 amide bonds. The molecule has 0 saturated carbocycles. The Hall–Kier alpha value is -2.61. The molecule has 2 aromatic carbocycles. The van der Waals surface area contributed by atoms with E-state index in [1.165, 1.54) is 12.1 Å². The highest BCUT2D eigenvalue weighted by Crippen LogP contribution is 2.33. The summed E-state index contributed by atoms with van der Waals surface area (Å²) in [5, 5.41) is 20.8. The number of nitrogens with zero attached hydrogens (tertiary/aromatic N) is 4. The first-order valence-corrected chi connectivity index (χ1v) is 9.16. The molecule has 0 atom stereocenters. The van der Waals surface area contributed by atoms with Gasteiger partial charge in [0.1, 0.15) is 0 Å². The molecular weight excluding hydrogens is 425 g/mol. The van der Waals surface area contributed by atoms with Crippen LogP contribution in [0.25, 0.3) is 5.69 Å². The first-order chi connectivity index (χ1) is 13.3. The molecule has 3 rings (SSSR count). The Morgan fingerprint density at radius 3 is 2.50 bits per heavy atom. The normalized spacial score (nSPS) is 11.2. The zero-order valence-electron chi connectivity index (χ0n) is 14.8. The number of rotatable bonds is 5. The summed E-state index contributed by atoms with van der Waals surface area (Å²) in [6.45, 7) is 3.67. The number of nitrogens with one attached hydrogen (secondary N) is 1. The van der Waals surface area contributed by atoms with E-state index in [2.05, 4.69) is 15.6 Å².